The zero-order valence-corrected chi connectivity index (χ0v) is 16.2. The summed E-state index contributed by atoms with van der Waals surface area (Å²) >= 11 is 0. The summed E-state index contributed by atoms with van der Waals surface area (Å²) in [5.41, 5.74) is 2.22. The van der Waals surface area contributed by atoms with Gasteiger partial charge in [0, 0.05) is 19.2 Å². The van der Waals surface area contributed by atoms with Crippen LogP contribution in [0, 0.1) is 0 Å². The van der Waals surface area contributed by atoms with Gasteiger partial charge in [-0.3, -0.25) is 19.3 Å². The second-order valence-corrected chi connectivity index (χ2v) is 8.32. The molecule has 0 saturated heterocycles. The molecule has 0 unspecified atom stereocenters. The number of amides is 3. The number of carbonyl (C=O) groups is 3. The highest BCUT2D eigenvalue weighted by Gasteiger charge is 2.33. The van der Waals surface area contributed by atoms with Crippen molar-refractivity contribution in [1.82, 2.24) is 14.9 Å². The van der Waals surface area contributed by atoms with Gasteiger partial charge in [-0.2, -0.15) is 0 Å². The van der Waals surface area contributed by atoms with E-state index < -0.39 is 15.9 Å². The summed E-state index contributed by atoms with van der Waals surface area (Å²) in [6.07, 6.45) is 0. The van der Waals surface area contributed by atoms with Crippen LogP contribution in [0.1, 0.15) is 42.2 Å². The van der Waals surface area contributed by atoms with Crippen molar-refractivity contribution < 1.29 is 22.8 Å². The van der Waals surface area contributed by atoms with Gasteiger partial charge in [-0.25, -0.2) is 13.1 Å². The van der Waals surface area contributed by atoms with Crippen molar-refractivity contribution in [1.29, 1.82) is 0 Å². The van der Waals surface area contributed by atoms with Gasteiger partial charge in [0.2, 0.25) is 10.0 Å². The molecule has 3 amide bonds. The lowest BCUT2D eigenvalue weighted by atomic mass is 10.1. The lowest BCUT2D eigenvalue weighted by Gasteiger charge is -2.08. The van der Waals surface area contributed by atoms with Crippen LogP contribution in [-0.2, 0) is 22.3 Å². The highest BCUT2D eigenvalue weighted by Crippen LogP contribution is 2.22. The van der Waals surface area contributed by atoms with Crippen molar-refractivity contribution in [2.24, 2.45) is 0 Å². The van der Waals surface area contributed by atoms with Crippen LogP contribution in [0.4, 0.5) is 0 Å². The molecular formula is C19H19N3O5S. The molecule has 1 heterocycles. The maximum Gasteiger partial charge on any atom is 0.261 e. The van der Waals surface area contributed by atoms with Crippen molar-refractivity contribution in [3.63, 3.8) is 0 Å². The maximum absolute atomic E-state index is 12.4. The van der Waals surface area contributed by atoms with Gasteiger partial charge in [0.1, 0.15) is 0 Å². The largest absolute Gasteiger partial charge is 0.348 e. The summed E-state index contributed by atoms with van der Waals surface area (Å²) < 4.78 is 25.4. The molecule has 0 bridgehead atoms. The topological polar surface area (TPSA) is 113 Å². The first-order chi connectivity index (χ1) is 13.2. The molecule has 1 aliphatic heterocycles. The number of hydrogen-bond acceptors (Lipinski definition) is 5. The average Bonchev–Trinajstić information content (AvgIpc) is 2.91. The summed E-state index contributed by atoms with van der Waals surface area (Å²) in [6.45, 7) is 0.238. The Morgan fingerprint density at radius 2 is 1.57 bits per heavy atom. The van der Waals surface area contributed by atoms with Gasteiger partial charge in [0.25, 0.3) is 17.7 Å². The number of imide groups is 1. The zero-order valence-electron chi connectivity index (χ0n) is 15.4. The first-order valence-corrected chi connectivity index (χ1v) is 10.1. The van der Waals surface area contributed by atoms with Gasteiger partial charge in [0.05, 0.1) is 16.9 Å². The Labute approximate surface area is 162 Å². The Hall–Kier alpha value is -3.04. The molecule has 146 valence electrons. The van der Waals surface area contributed by atoms with E-state index >= 15 is 0 Å². The third kappa shape index (κ3) is 3.95. The highest BCUT2D eigenvalue weighted by molar-refractivity contribution is 7.88. The van der Waals surface area contributed by atoms with Crippen LogP contribution in [0.25, 0.3) is 0 Å². The molecule has 3 rings (SSSR count). The van der Waals surface area contributed by atoms with Gasteiger partial charge >= 0.3 is 0 Å². The van der Waals surface area contributed by atoms with E-state index in [1.54, 1.807) is 24.3 Å². The molecule has 2 aromatic carbocycles. The molecule has 0 atom stereocenters. The van der Waals surface area contributed by atoms with Gasteiger partial charge < -0.3 is 5.32 Å². The number of rotatable bonds is 6. The number of nitrogens with one attached hydrogen (secondary N) is 2. The van der Waals surface area contributed by atoms with Gasteiger partial charge in [-0.05, 0) is 36.4 Å². The van der Waals surface area contributed by atoms with E-state index in [0.29, 0.717) is 5.56 Å². The molecule has 0 aliphatic carbocycles. The maximum atomic E-state index is 12.4. The predicted octanol–water partition coefficient (Wildman–Crippen LogP) is 0.892. The third-order valence-corrected chi connectivity index (χ3v) is 5.83. The number of sulfonamides is 1. The molecule has 0 radical (unpaired) electrons. The van der Waals surface area contributed by atoms with E-state index in [-0.39, 0.29) is 40.8 Å². The van der Waals surface area contributed by atoms with E-state index in [4.69, 9.17) is 0 Å². The molecular weight excluding hydrogens is 382 g/mol. The molecule has 8 nitrogen and oxygen atoms in total. The van der Waals surface area contributed by atoms with Crippen LogP contribution < -0.4 is 10.0 Å². The zero-order chi connectivity index (χ0) is 20.5. The van der Waals surface area contributed by atoms with E-state index in [1.165, 1.54) is 32.3 Å². The monoisotopic (exact) mass is 401 g/mol. The Kier molecular flexibility index (Phi) is 5.30. The summed E-state index contributed by atoms with van der Waals surface area (Å²) in [4.78, 5) is 37.3. The van der Waals surface area contributed by atoms with E-state index in [1.807, 2.05) is 0 Å². The SMILES string of the molecule is CNS(=O)(=O)Cc1ccc(CNC(=O)c2ccc3c(c2)C(=O)N(C)C3=O)cc1. The first-order valence-electron chi connectivity index (χ1n) is 8.45. The number of carbonyl (C=O) groups excluding carboxylic acids is 3. The standard InChI is InChI=1S/C19H19N3O5S/c1-20-28(26,27)11-13-5-3-12(4-6-13)10-21-17(23)14-7-8-15-16(9-14)19(25)22(2)18(15)24/h3-9,20H,10-11H2,1-2H3,(H,21,23). The molecule has 9 heteroatoms. The van der Waals surface area contributed by atoms with Crippen molar-refractivity contribution in [3.8, 4) is 0 Å². The normalized spacial score (nSPS) is 13.6. The van der Waals surface area contributed by atoms with Crippen molar-refractivity contribution in [2.75, 3.05) is 14.1 Å². The Bertz CT molecular complexity index is 1060. The molecule has 0 saturated carbocycles. The predicted molar refractivity (Wildman–Crippen MR) is 102 cm³/mol. The Balaban J connectivity index is 1.65. The van der Waals surface area contributed by atoms with Crippen molar-refractivity contribution >= 4 is 27.7 Å². The lowest BCUT2D eigenvalue weighted by molar-refractivity contribution is 0.0693. The summed E-state index contributed by atoms with van der Waals surface area (Å²) in [5, 5.41) is 2.74. The quantitative estimate of drug-likeness (QED) is 0.698. The van der Waals surface area contributed by atoms with Crippen LogP contribution in [0.3, 0.4) is 0 Å². The van der Waals surface area contributed by atoms with Gasteiger partial charge in [0.15, 0.2) is 0 Å². The van der Waals surface area contributed by atoms with Gasteiger partial charge in [-0.1, -0.05) is 24.3 Å². The molecule has 0 fully saturated rings. The molecule has 28 heavy (non-hydrogen) atoms. The van der Waals surface area contributed by atoms with Crippen LogP contribution in [0.5, 0.6) is 0 Å². The van der Waals surface area contributed by atoms with E-state index in [2.05, 4.69) is 10.0 Å². The van der Waals surface area contributed by atoms with E-state index in [9.17, 15) is 22.8 Å². The molecule has 2 N–H and O–H groups in total. The minimum absolute atomic E-state index is 0.119. The fourth-order valence-electron chi connectivity index (χ4n) is 2.83. The first kappa shape index (κ1) is 19.7. The summed E-state index contributed by atoms with van der Waals surface area (Å²) in [5.74, 6) is -1.31. The number of fused-ring (bicyclic) bond motifs is 1. The highest BCUT2D eigenvalue weighted by atomic mass is 32.2. The second kappa shape index (κ2) is 7.53. The molecule has 0 aromatic heterocycles. The molecule has 2 aromatic rings. The fraction of sp³-hybridized carbons (Fsp3) is 0.211. The van der Waals surface area contributed by atoms with Gasteiger partial charge in [-0.15, -0.1) is 0 Å². The van der Waals surface area contributed by atoms with Crippen LogP contribution >= 0.6 is 0 Å². The number of nitrogens with zero attached hydrogens (tertiary/aromatic N) is 1. The Morgan fingerprint density at radius 3 is 2.21 bits per heavy atom. The van der Waals surface area contributed by atoms with Crippen molar-refractivity contribution in [2.45, 2.75) is 12.3 Å². The average molecular weight is 401 g/mol. The minimum atomic E-state index is -3.34. The summed E-state index contributed by atoms with van der Waals surface area (Å²) in [7, 11) is -0.580. The van der Waals surface area contributed by atoms with E-state index in [0.717, 1.165) is 10.5 Å². The smallest absolute Gasteiger partial charge is 0.261 e. The third-order valence-electron chi connectivity index (χ3n) is 4.50. The minimum Gasteiger partial charge on any atom is -0.348 e. The summed E-state index contributed by atoms with van der Waals surface area (Å²) in [6, 6.07) is 11.2. The van der Waals surface area contributed by atoms with Crippen molar-refractivity contribution in [3.05, 3.63) is 70.3 Å². The Morgan fingerprint density at radius 1 is 0.964 bits per heavy atom. The molecule has 1 aliphatic rings. The number of benzene rings is 2. The fourth-order valence-corrected chi connectivity index (χ4v) is 3.61. The van der Waals surface area contributed by atoms with Crippen LogP contribution in [-0.4, -0.2) is 45.1 Å². The van der Waals surface area contributed by atoms with Crippen LogP contribution in [0.15, 0.2) is 42.5 Å². The molecule has 0 spiro atoms. The lowest BCUT2D eigenvalue weighted by Crippen LogP contribution is -2.24. The number of hydrogen-bond donors (Lipinski definition) is 2. The van der Waals surface area contributed by atoms with Crippen LogP contribution in [0.2, 0.25) is 0 Å². The second-order valence-electron chi connectivity index (χ2n) is 6.39.